The van der Waals surface area contributed by atoms with E-state index in [9.17, 15) is 9.59 Å². The minimum atomic E-state index is -0.198. The second-order valence-corrected chi connectivity index (χ2v) is 6.80. The predicted octanol–water partition coefficient (Wildman–Crippen LogP) is 3.94. The van der Waals surface area contributed by atoms with Crippen LogP contribution in [0.15, 0.2) is 30.3 Å². The maximum Gasteiger partial charge on any atom is 0.254 e. The summed E-state index contributed by atoms with van der Waals surface area (Å²) in [7, 11) is 1.65. The van der Waals surface area contributed by atoms with E-state index in [4.69, 9.17) is 0 Å². The molecule has 0 aliphatic carbocycles. The van der Waals surface area contributed by atoms with E-state index < -0.39 is 0 Å². The maximum absolute atomic E-state index is 12.6. The van der Waals surface area contributed by atoms with E-state index in [1.165, 1.54) is 4.90 Å². The van der Waals surface area contributed by atoms with E-state index >= 15 is 0 Å². The van der Waals surface area contributed by atoms with Crippen molar-refractivity contribution in [1.29, 1.82) is 0 Å². The van der Waals surface area contributed by atoms with Crippen LogP contribution in [-0.4, -0.2) is 30.3 Å². The van der Waals surface area contributed by atoms with Crippen molar-refractivity contribution in [2.75, 3.05) is 18.9 Å². The van der Waals surface area contributed by atoms with Crippen molar-refractivity contribution < 1.29 is 9.59 Å². The Labute approximate surface area is 149 Å². The largest absolute Gasteiger partial charge is 0.332 e. The van der Waals surface area contributed by atoms with Gasteiger partial charge in [-0.25, -0.2) is 0 Å². The zero-order chi connectivity index (χ0) is 18.7. The first kappa shape index (κ1) is 18.7. The molecule has 0 spiro atoms. The molecule has 0 saturated carbocycles. The highest BCUT2D eigenvalue weighted by Crippen LogP contribution is 2.22. The first-order chi connectivity index (χ1) is 11.7. The second-order valence-electron chi connectivity index (χ2n) is 6.80. The lowest BCUT2D eigenvalue weighted by atomic mass is 10.0. The van der Waals surface area contributed by atoms with Crippen LogP contribution in [0.3, 0.4) is 0 Å². The summed E-state index contributed by atoms with van der Waals surface area (Å²) in [6.07, 6.45) is 0. The summed E-state index contributed by atoms with van der Waals surface area (Å²) in [6.45, 7) is 9.84. The van der Waals surface area contributed by atoms with Crippen molar-refractivity contribution >= 4 is 17.5 Å². The summed E-state index contributed by atoms with van der Waals surface area (Å²) in [4.78, 5) is 26.5. The van der Waals surface area contributed by atoms with E-state index in [1.54, 1.807) is 7.05 Å². The molecule has 2 rings (SSSR count). The Hall–Kier alpha value is -2.62. The third-order valence-corrected chi connectivity index (χ3v) is 4.29. The molecule has 0 aliphatic rings. The van der Waals surface area contributed by atoms with Crippen molar-refractivity contribution in [3.63, 3.8) is 0 Å². The molecule has 0 radical (unpaired) electrons. The fraction of sp³-hybridized carbons (Fsp3) is 0.333. The van der Waals surface area contributed by atoms with Crippen molar-refractivity contribution in [2.45, 2.75) is 34.6 Å². The molecule has 2 aromatic carbocycles. The molecule has 0 aliphatic heterocycles. The minimum absolute atomic E-state index is 0.0129. The molecule has 25 heavy (non-hydrogen) atoms. The van der Waals surface area contributed by atoms with Gasteiger partial charge in [-0.05, 0) is 57.4 Å². The normalized spacial score (nSPS) is 10.5. The first-order valence-electron chi connectivity index (χ1n) is 8.39. The smallest absolute Gasteiger partial charge is 0.254 e. The molecule has 132 valence electrons. The number of hydrogen-bond donors (Lipinski definition) is 1. The summed E-state index contributed by atoms with van der Waals surface area (Å²) in [5.41, 5.74) is 6.60. The fourth-order valence-electron chi connectivity index (χ4n) is 3.02. The second kappa shape index (κ2) is 7.51. The van der Waals surface area contributed by atoms with Crippen molar-refractivity contribution in [3.8, 4) is 0 Å². The minimum Gasteiger partial charge on any atom is -0.332 e. The number of rotatable bonds is 4. The highest BCUT2D eigenvalue weighted by atomic mass is 16.2. The van der Waals surface area contributed by atoms with Gasteiger partial charge in [-0.3, -0.25) is 9.59 Å². The number of carbonyl (C=O) groups excluding carboxylic acids is 2. The van der Waals surface area contributed by atoms with Crippen molar-refractivity contribution in [2.24, 2.45) is 0 Å². The molecule has 0 bridgehead atoms. The Morgan fingerprint density at radius 1 is 0.880 bits per heavy atom. The number of aryl methyl sites for hydroxylation is 5. The van der Waals surface area contributed by atoms with E-state index in [1.807, 2.05) is 65.0 Å². The predicted molar refractivity (Wildman–Crippen MR) is 102 cm³/mol. The van der Waals surface area contributed by atoms with Gasteiger partial charge in [0.25, 0.3) is 5.91 Å². The van der Waals surface area contributed by atoms with Crippen LogP contribution in [-0.2, 0) is 4.79 Å². The Balaban J connectivity index is 2.10. The average Bonchev–Trinajstić information content (AvgIpc) is 2.52. The Morgan fingerprint density at radius 3 is 2.08 bits per heavy atom. The highest BCUT2D eigenvalue weighted by Gasteiger charge is 2.18. The van der Waals surface area contributed by atoms with E-state index in [2.05, 4.69) is 5.32 Å². The molecule has 4 heteroatoms. The molecule has 2 amide bonds. The Kier molecular flexibility index (Phi) is 5.62. The lowest BCUT2D eigenvalue weighted by molar-refractivity contribution is -0.116. The third-order valence-electron chi connectivity index (χ3n) is 4.29. The number of hydrogen-bond acceptors (Lipinski definition) is 2. The van der Waals surface area contributed by atoms with E-state index in [-0.39, 0.29) is 18.4 Å². The summed E-state index contributed by atoms with van der Waals surface area (Å²) in [5.74, 6) is -0.343. The van der Waals surface area contributed by atoms with Gasteiger partial charge in [-0.15, -0.1) is 0 Å². The maximum atomic E-state index is 12.6. The number of benzene rings is 2. The van der Waals surface area contributed by atoms with Gasteiger partial charge in [0, 0.05) is 18.3 Å². The van der Waals surface area contributed by atoms with Gasteiger partial charge in [-0.2, -0.15) is 0 Å². The number of amides is 2. The quantitative estimate of drug-likeness (QED) is 0.918. The lowest BCUT2D eigenvalue weighted by Crippen LogP contribution is -2.35. The van der Waals surface area contributed by atoms with Crippen LogP contribution in [0.4, 0.5) is 5.69 Å². The van der Waals surface area contributed by atoms with Gasteiger partial charge in [0.1, 0.15) is 0 Å². The molecule has 0 heterocycles. The standard InChI is InChI=1S/C21H26N2O2/c1-13-7-8-15(3)18(11-13)21(25)23(6)12-19(24)22-20-16(4)9-14(2)10-17(20)5/h7-11H,12H2,1-6H3,(H,22,24). The van der Waals surface area contributed by atoms with Crippen LogP contribution in [0.1, 0.15) is 38.2 Å². The summed E-state index contributed by atoms with van der Waals surface area (Å²) >= 11 is 0. The monoisotopic (exact) mass is 338 g/mol. The Bertz CT molecular complexity index is 802. The number of anilines is 1. The number of nitrogens with zero attached hydrogens (tertiary/aromatic N) is 1. The summed E-state index contributed by atoms with van der Waals surface area (Å²) in [6, 6.07) is 9.83. The Morgan fingerprint density at radius 2 is 1.48 bits per heavy atom. The molecule has 0 unspecified atom stereocenters. The van der Waals surface area contributed by atoms with Crippen molar-refractivity contribution in [1.82, 2.24) is 4.90 Å². The molecule has 0 fully saturated rings. The molecule has 2 aromatic rings. The van der Waals surface area contributed by atoms with Crippen LogP contribution in [0.2, 0.25) is 0 Å². The highest BCUT2D eigenvalue weighted by molar-refractivity contribution is 6.00. The van der Waals surface area contributed by atoms with Crippen LogP contribution < -0.4 is 5.32 Å². The third kappa shape index (κ3) is 4.47. The van der Waals surface area contributed by atoms with Crippen LogP contribution in [0.25, 0.3) is 0 Å². The molecule has 1 N–H and O–H groups in total. The molecule has 0 atom stereocenters. The molecular formula is C21H26N2O2. The number of likely N-dealkylation sites (N-methyl/N-ethyl adjacent to an activating group) is 1. The van der Waals surface area contributed by atoms with E-state index in [0.717, 1.165) is 33.5 Å². The van der Waals surface area contributed by atoms with Gasteiger partial charge in [0.05, 0.1) is 6.54 Å². The first-order valence-corrected chi connectivity index (χ1v) is 8.39. The average molecular weight is 338 g/mol. The summed E-state index contributed by atoms with van der Waals surface area (Å²) < 4.78 is 0. The van der Waals surface area contributed by atoms with Crippen molar-refractivity contribution in [3.05, 3.63) is 63.7 Å². The SMILES string of the molecule is Cc1cc(C)c(NC(=O)CN(C)C(=O)c2cc(C)ccc2C)c(C)c1. The number of nitrogens with one attached hydrogen (secondary N) is 1. The fourth-order valence-corrected chi connectivity index (χ4v) is 3.02. The zero-order valence-corrected chi connectivity index (χ0v) is 15.9. The van der Waals surface area contributed by atoms with Crippen LogP contribution in [0, 0.1) is 34.6 Å². The molecule has 4 nitrogen and oxygen atoms in total. The number of carbonyl (C=O) groups is 2. The van der Waals surface area contributed by atoms with E-state index in [0.29, 0.717) is 5.56 Å². The molecule has 0 aromatic heterocycles. The van der Waals surface area contributed by atoms with Gasteiger partial charge >= 0.3 is 0 Å². The van der Waals surface area contributed by atoms with Crippen LogP contribution in [0.5, 0.6) is 0 Å². The molecule has 0 saturated heterocycles. The summed E-state index contributed by atoms with van der Waals surface area (Å²) in [5, 5.41) is 2.94. The molecular weight excluding hydrogens is 312 g/mol. The van der Waals surface area contributed by atoms with Gasteiger partial charge in [0.2, 0.25) is 5.91 Å². The topological polar surface area (TPSA) is 49.4 Å². The van der Waals surface area contributed by atoms with Gasteiger partial charge in [-0.1, -0.05) is 35.4 Å². The van der Waals surface area contributed by atoms with Crippen LogP contribution >= 0.6 is 0 Å². The van der Waals surface area contributed by atoms with Gasteiger partial charge in [0.15, 0.2) is 0 Å². The van der Waals surface area contributed by atoms with Gasteiger partial charge < -0.3 is 10.2 Å². The lowest BCUT2D eigenvalue weighted by Gasteiger charge is -2.19. The zero-order valence-electron chi connectivity index (χ0n) is 15.9.